The van der Waals surface area contributed by atoms with Crippen LogP contribution in [0.15, 0.2) is 5.38 Å². The molecule has 1 aromatic heterocycles. The Morgan fingerprint density at radius 1 is 1.40 bits per heavy atom. The molecule has 1 heterocycles. The fraction of sp³-hybridized carbons (Fsp3) is 0.500. The molecule has 110 valence electrons. The topological polar surface area (TPSA) is 106 Å². The van der Waals surface area contributed by atoms with Gasteiger partial charge in [0.1, 0.15) is 0 Å². The van der Waals surface area contributed by atoms with Crippen LogP contribution in [-0.4, -0.2) is 41.1 Å². The van der Waals surface area contributed by atoms with Crippen molar-refractivity contribution in [2.24, 2.45) is 0 Å². The van der Waals surface area contributed by atoms with Gasteiger partial charge in [0, 0.05) is 24.8 Å². The highest BCUT2D eigenvalue weighted by atomic mass is 32.1. The van der Waals surface area contributed by atoms with Gasteiger partial charge in [0.15, 0.2) is 5.69 Å². The first-order valence-corrected chi connectivity index (χ1v) is 7.01. The zero-order chi connectivity index (χ0) is 15.0. The minimum Gasteiger partial charge on any atom is -0.476 e. The predicted molar refractivity (Wildman–Crippen MR) is 71.7 cm³/mol. The number of carboxylic acids is 1. The number of nitrogens with one attached hydrogen (secondary N) is 1. The third-order valence-corrected chi connectivity index (χ3v) is 3.20. The van der Waals surface area contributed by atoms with Crippen LogP contribution >= 0.6 is 11.3 Å². The van der Waals surface area contributed by atoms with Crippen LogP contribution in [0.4, 0.5) is 0 Å². The van der Waals surface area contributed by atoms with Gasteiger partial charge in [-0.2, -0.15) is 0 Å². The number of esters is 1. The zero-order valence-corrected chi connectivity index (χ0v) is 11.9. The van der Waals surface area contributed by atoms with E-state index in [2.05, 4.69) is 10.3 Å². The second-order valence-electron chi connectivity index (χ2n) is 3.84. The molecule has 2 N–H and O–H groups in total. The van der Waals surface area contributed by atoms with Gasteiger partial charge in [0.2, 0.25) is 5.91 Å². The molecular weight excluding hydrogens is 284 g/mol. The Hall–Kier alpha value is -1.96. The van der Waals surface area contributed by atoms with Gasteiger partial charge in [-0.3, -0.25) is 9.59 Å². The number of thiazole rings is 1. The van der Waals surface area contributed by atoms with E-state index < -0.39 is 11.9 Å². The highest BCUT2D eigenvalue weighted by Gasteiger charge is 2.10. The minimum atomic E-state index is -1.06. The van der Waals surface area contributed by atoms with Gasteiger partial charge in [-0.15, -0.1) is 11.3 Å². The van der Waals surface area contributed by atoms with E-state index in [1.54, 1.807) is 6.92 Å². The lowest BCUT2D eigenvalue weighted by Gasteiger charge is -2.03. The molecule has 0 atom stereocenters. The molecule has 0 aromatic carbocycles. The monoisotopic (exact) mass is 300 g/mol. The molecule has 1 amide bonds. The maximum atomic E-state index is 11.4. The van der Waals surface area contributed by atoms with Crippen LogP contribution < -0.4 is 5.32 Å². The fourth-order valence-electron chi connectivity index (χ4n) is 1.37. The summed E-state index contributed by atoms with van der Waals surface area (Å²) < 4.78 is 4.71. The van der Waals surface area contributed by atoms with Crippen molar-refractivity contribution < 1.29 is 24.2 Å². The number of aromatic nitrogens is 1. The average molecular weight is 300 g/mol. The van der Waals surface area contributed by atoms with Crippen molar-refractivity contribution in [1.29, 1.82) is 0 Å². The number of rotatable bonds is 8. The van der Waals surface area contributed by atoms with E-state index in [1.165, 1.54) is 16.7 Å². The number of ether oxygens (including phenoxy) is 1. The smallest absolute Gasteiger partial charge is 0.355 e. The van der Waals surface area contributed by atoms with E-state index >= 15 is 0 Å². The van der Waals surface area contributed by atoms with E-state index in [-0.39, 0.29) is 24.4 Å². The second kappa shape index (κ2) is 8.26. The molecule has 0 fully saturated rings. The van der Waals surface area contributed by atoms with Crippen molar-refractivity contribution >= 4 is 29.2 Å². The molecule has 0 spiro atoms. The third kappa shape index (κ3) is 5.79. The second-order valence-corrected chi connectivity index (χ2v) is 4.78. The number of nitrogens with zero attached hydrogens (tertiary/aromatic N) is 1. The van der Waals surface area contributed by atoms with E-state index in [0.717, 1.165) is 0 Å². The highest BCUT2D eigenvalue weighted by molar-refractivity contribution is 7.09. The van der Waals surface area contributed by atoms with E-state index in [4.69, 9.17) is 9.84 Å². The lowest BCUT2D eigenvalue weighted by atomic mass is 10.3. The summed E-state index contributed by atoms with van der Waals surface area (Å²) in [6.07, 6.45) is 0.597. The first-order chi connectivity index (χ1) is 9.52. The largest absolute Gasteiger partial charge is 0.476 e. The first-order valence-electron chi connectivity index (χ1n) is 6.13. The van der Waals surface area contributed by atoms with Crippen molar-refractivity contribution in [1.82, 2.24) is 10.3 Å². The Balaban J connectivity index is 2.21. The summed E-state index contributed by atoms with van der Waals surface area (Å²) in [5, 5.41) is 13.5. The standard InChI is InChI=1S/C12H16N2O5S/c1-2-19-11(16)4-3-9(15)13-6-5-10-14-8(7-20-10)12(17)18/h7H,2-6H2,1H3,(H,13,15)(H,17,18). The summed E-state index contributed by atoms with van der Waals surface area (Å²) >= 11 is 1.24. The highest BCUT2D eigenvalue weighted by Crippen LogP contribution is 2.09. The van der Waals surface area contributed by atoms with Crippen molar-refractivity contribution in [2.45, 2.75) is 26.2 Å². The predicted octanol–water partition coefficient (Wildman–Crippen LogP) is 0.843. The average Bonchev–Trinajstić information content (AvgIpc) is 2.86. The molecule has 0 saturated carbocycles. The zero-order valence-electron chi connectivity index (χ0n) is 11.0. The summed E-state index contributed by atoms with van der Waals surface area (Å²) in [6, 6.07) is 0. The van der Waals surface area contributed by atoms with Crippen LogP contribution in [0.25, 0.3) is 0 Å². The number of aromatic carboxylic acids is 1. The summed E-state index contributed by atoms with van der Waals surface area (Å²) in [4.78, 5) is 37.0. The van der Waals surface area contributed by atoms with Gasteiger partial charge in [-0.05, 0) is 6.92 Å². The van der Waals surface area contributed by atoms with Gasteiger partial charge in [0.25, 0.3) is 0 Å². The Kier molecular flexibility index (Phi) is 6.65. The lowest BCUT2D eigenvalue weighted by molar-refractivity contribution is -0.144. The molecule has 0 radical (unpaired) electrons. The van der Waals surface area contributed by atoms with Gasteiger partial charge >= 0.3 is 11.9 Å². The Morgan fingerprint density at radius 2 is 2.15 bits per heavy atom. The van der Waals surface area contributed by atoms with Gasteiger partial charge in [-0.25, -0.2) is 9.78 Å². The summed E-state index contributed by atoms with van der Waals surface area (Å²) in [6.45, 7) is 2.36. The minimum absolute atomic E-state index is 0.0126. The molecule has 0 bridgehead atoms. The van der Waals surface area contributed by atoms with Crippen LogP contribution in [-0.2, 0) is 20.7 Å². The van der Waals surface area contributed by atoms with Gasteiger partial charge in [0.05, 0.1) is 18.0 Å². The molecule has 0 saturated heterocycles. The molecule has 0 aliphatic carbocycles. The van der Waals surface area contributed by atoms with Crippen LogP contribution in [0.1, 0.15) is 35.3 Å². The molecule has 0 unspecified atom stereocenters. The first kappa shape index (κ1) is 16.1. The van der Waals surface area contributed by atoms with E-state index in [0.29, 0.717) is 24.6 Å². The number of hydrogen-bond donors (Lipinski definition) is 2. The van der Waals surface area contributed by atoms with E-state index in [1.807, 2.05) is 0 Å². The normalized spacial score (nSPS) is 10.1. The Labute approximate surface area is 120 Å². The van der Waals surface area contributed by atoms with Crippen LogP contribution in [0.3, 0.4) is 0 Å². The number of hydrogen-bond acceptors (Lipinski definition) is 6. The number of carbonyl (C=O) groups is 3. The van der Waals surface area contributed by atoms with Crippen molar-refractivity contribution in [3.8, 4) is 0 Å². The molecule has 7 nitrogen and oxygen atoms in total. The SMILES string of the molecule is CCOC(=O)CCC(=O)NCCc1nc(C(=O)O)cs1. The van der Waals surface area contributed by atoms with Crippen LogP contribution in [0.2, 0.25) is 0 Å². The molecule has 20 heavy (non-hydrogen) atoms. The maximum absolute atomic E-state index is 11.4. The van der Waals surface area contributed by atoms with Crippen LogP contribution in [0, 0.1) is 0 Å². The lowest BCUT2D eigenvalue weighted by Crippen LogP contribution is -2.26. The van der Waals surface area contributed by atoms with Crippen molar-refractivity contribution in [3.63, 3.8) is 0 Å². The Bertz CT molecular complexity index is 486. The van der Waals surface area contributed by atoms with Crippen LogP contribution in [0.5, 0.6) is 0 Å². The summed E-state index contributed by atoms with van der Waals surface area (Å²) in [5.74, 6) is -1.70. The van der Waals surface area contributed by atoms with E-state index in [9.17, 15) is 14.4 Å². The van der Waals surface area contributed by atoms with Gasteiger partial charge in [-0.1, -0.05) is 0 Å². The molecule has 8 heteroatoms. The van der Waals surface area contributed by atoms with Crippen molar-refractivity contribution in [2.75, 3.05) is 13.2 Å². The molecular formula is C12H16N2O5S. The quantitative estimate of drug-likeness (QED) is 0.689. The molecule has 0 aliphatic heterocycles. The fourth-order valence-corrected chi connectivity index (χ4v) is 2.14. The maximum Gasteiger partial charge on any atom is 0.355 e. The number of amides is 1. The van der Waals surface area contributed by atoms with Crippen molar-refractivity contribution in [3.05, 3.63) is 16.1 Å². The van der Waals surface area contributed by atoms with Gasteiger partial charge < -0.3 is 15.2 Å². The Morgan fingerprint density at radius 3 is 2.75 bits per heavy atom. The third-order valence-electron chi connectivity index (χ3n) is 2.29. The number of carboxylic acid groups (broad SMARTS) is 1. The summed E-state index contributed by atoms with van der Waals surface area (Å²) in [5.41, 5.74) is 0.0126. The number of carbonyl (C=O) groups excluding carboxylic acids is 2. The molecule has 1 aromatic rings. The summed E-state index contributed by atoms with van der Waals surface area (Å²) in [7, 11) is 0. The molecule has 0 aliphatic rings. The molecule has 1 rings (SSSR count).